The van der Waals surface area contributed by atoms with Gasteiger partial charge in [-0.3, -0.25) is 4.79 Å². The van der Waals surface area contributed by atoms with E-state index in [1.807, 2.05) is 39.8 Å². The van der Waals surface area contributed by atoms with Crippen molar-refractivity contribution in [2.75, 3.05) is 0 Å². The lowest BCUT2D eigenvalue weighted by molar-refractivity contribution is -0.129. The van der Waals surface area contributed by atoms with E-state index in [0.29, 0.717) is 16.7 Å². The molecule has 1 heterocycles. The highest BCUT2D eigenvalue weighted by molar-refractivity contribution is 6.30. The van der Waals surface area contributed by atoms with Crippen molar-refractivity contribution < 1.29 is 9.32 Å². The Balaban J connectivity index is 2.12. The van der Waals surface area contributed by atoms with Crippen molar-refractivity contribution in [3.8, 4) is 11.4 Å². The van der Waals surface area contributed by atoms with Gasteiger partial charge in [0.05, 0.1) is 0 Å². The highest BCUT2D eigenvalue weighted by Crippen LogP contribution is 2.21. The van der Waals surface area contributed by atoms with Crippen LogP contribution in [0.3, 0.4) is 0 Å². The summed E-state index contributed by atoms with van der Waals surface area (Å²) in [6.07, 6.45) is 0. The smallest absolute Gasteiger partial charge is 0.249 e. The normalized spacial score (nSPS) is 13.0. The minimum Gasteiger partial charge on any atom is -0.344 e. The number of halogens is 1. The molecule has 0 saturated heterocycles. The summed E-state index contributed by atoms with van der Waals surface area (Å²) in [6, 6.07) is 6.81. The second kappa shape index (κ2) is 5.85. The number of rotatable bonds is 3. The Morgan fingerprint density at radius 1 is 1.29 bits per heavy atom. The van der Waals surface area contributed by atoms with Crippen LogP contribution in [0.5, 0.6) is 0 Å². The van der Waals surface area contributed by atoms with Gasteiger partial charge in [-0.25, -0.2) is 0 Å². The van der Waals surface area contributed by atoms with Crippen molar-refractivity contribution in [1.29, 1.82) is 0 Å². The van der Waals surface area contributed by atoms with Gasteiger partial charge in [0.1, 0.15) is 6.04 Å². The molecule has 0 bridgehead atoms. The molecule has 1 aromatic carbocycles. The van der Waals surface area contributed by atoms with E-state index in [2.05, 4.69) is 15.5 Å². The molecule has 21 heavy (non-hydrogen) atoms. The van der Waals surface area contributed by atoms with Crippen LogP contribution in [0.1, 0.15) is 39.6 Å². The molecule has 1 N–H and O–H groups in total. The van der Waals surface area contributed by atoms with E-state index < -0.39 is 5.41 Å². The number of carbonyl (C=O) groups excluding carboxylic acids is 1. The summed E-state index contributed by atoms with van der Waals surface area (Å²) >= 11 is 5.84. The Hall–Kier alpha value is -1.88. The van der Waals surface area contributed by atoms with Crippen LogP contribution in [0.2, 0.25) is 5.02 Å². The van der Waals surface area contributed by atoms with Crippen molar-refractivity contribution >= 4 is 17.5 Å². The summed E-state index contributed by atoms with van der Waals surface area (Å²) in [6.45, 7) is 7.36. The van der Waals surface area contributed by atoms with E-state index in [9.17, 15) is 4.79 Å². The number of hydrogen-bond acceptors (Lipinski definition) is 4. The second-order valence-corrected chi connectivity index (χ2v) is 6.34. The van der Waals surface area contributed by atoms with E-state index in [4.69, 9.17) is 16.1 Å². The summed E-state index contributed by atoms with van der Waals surface area (Å²) in [7, 11) is 0. The maximum Gasteiger partial charge on any atom is 0.249 e. The zero-order chi connectivity index (χ0) is 15.6. The Morgan fingerprint density at radius 2 is 1.90 bits per heavy atom. The maximum absolute atomic E-state index is 11.9. The number of nitrogens with one attached hydrogen (secondary N) is 1. The van der Waals surface area contributed by atoms with Gasteiger partial charge in [0.2, 0.25) is 17.6 Å². The molecule has 0 fully saturated rings. The standard InChI is InChI=1S/C15H18ClN3O2/c1-9(17-14(20)15(2,3)4)13-18-12(19-21-13)10-5-7-11(16)8-6-10/h5-9H,1-4H3,(H,17,20). The predicted molar refractivity (Wildman–Crippen MR) is 80.8 cm³/mol. The Bertz CT molecular complexity index is 629. The third-order valence-electron chi connectivity index (χ3n) is 2.94. The molecule has 5 nitrogen and oxygen atoms in total. The van der Waals surface area contributed by atoms with Crippen LogP contribution in [-0.4, -0.2) is 16.0 Å². The van der Waals surface area contributed by atoms with Crippen molar-refractivity contribution in [2.45, 2.75) is 33.7 Å². The quantitative estimate of drug-likeness (QED) is 0.940. The van der Waals surface area contributed by atoms with Gasteiger partial charge in [-0.2, -0.15) is 4.98 Å². The van der Waals surface area contributed by atoms with Gasteiger partial charge in [0, 0.05) is 16.0 Å². The lowest BCUT2D eigenvalue weighted by Crippen LogP contribution is -2.36. The van der Waals surface area contributed by atoms with Crippen LogP contribution in [0.4, 0.5) is 0 Å². The first-order chi connectivity index (χ1) is 9.77. The Kier molecular flexibility index (Phi) is 4.32. The average molecular weight is 308 g/mol. The van der Waals surface area contributed by atoms with Crippen LogP contribution in [0.15, 0.2) is 28.8 Å². The molecule has 1 aromatic heterocycles. The summed E-state index contributed by atoms with van der Waals surface area (Å²) in [5, 5.41) is 7.43. The van der Waals surface area contributed by atoms with Crippen LogP contribution < -0.4 is 5.32 Å². The van der Waals surface area contributed by atoms with Crippen molar-refractivity contribution in [3.05, 3.63) is 35.2 Å². The van der Waals surface area contributed by atoms with E-state index in [1.165, 1.54) is 0 Å². The van der Waals surface area contributed by atoms with Gasteiger partial charge in [0.15, 0.2) is 0 Å². The molecule has 0 aliphatic rings. The molecule has 0 saturated carbocycles. The number of amides is 1. The number of aromatic nitrogens is 2. The topological polar surface area (TPSA) is 68.0 Å². The van der Waals surface area contributed by atoms with Gasteiger partial charge in [-0.1, -0.05) is 37.5 Å². The van der Waals surface area contributed by atoms with E-state index in [-0.39, 0.29) is 11.9 Å². The predicted octanol–water partition coefficient (Wildman–Crippen LogP) is 3.61. The number of carbonyl (C=O) groups is 1. The molecular formula is C15H18ClN3O2. The maximum atomic E-state index is 11.9. The summed E-state index contributed by atoms with van der Waals surface area (Å²) < 4.78 is 5.22. The molecule has 1 atom stereocenters. The molecule has 6 heteroatoms. The van der Waals surface area contributed by atoms with Gasteiger partial charge in [0.25, 0.3) is 0 Å². The van der Waals surface area contributed by atoms with Crippen molar-refractivity contribution in [1.82, 2.24) is 15.5 Å². The zero-order valence-corrected chi connectivity index (χ0v) is 13.2. The third-order valence-corrected chi connectivity index (χ3v) is 3.20. The fourth-order valence-electron chi connectivity index (χ4n) is 1.60. The van der Waals surface area contributed by atoms with E-state index in [0.717, 1.165) is 5.56 Å². The van der Waals surface area contributed by atoms with E-state index >= 15 is 0 Å². The largest absolute Gasteiger partial charge is 0.344 e. The molecule has 1 unspecified atom stereocenters. The first kappa shape index (κ1) is 15.5. The van der Waals surface area contributed by atoms with Gasteiger partial charge < -0.3 is 9.84 Å². The molecular weight excluding hydrogens is 290 g/mol. The van der Waals surface area contributed by atoms with E-state index in [1.54, 1.807) is 12.1 Å². The lowest BCUT2D eigenvalue weighted by Gasteiger charge is -2.19. The molecule has 0 aliphatic carbocycles. The van der Waals surface area contributed by atoms with Crippen molar-refractivity contribution in [2.24, 2.45) is 5.41 Å². The van der Waals surface area contributed by atoms with Crippen LogP contribution >= 0.6 is 11.6 Å². The highest BCUT2D eigenvalue weighted by atomic mass is 35.5. The molecule has 0 spiro atoms. The van der Waals surface area contributed by atoms with Crippen molar-refractivity contribution in [3.63, 3.8) is 0 Å². The third kappa shape index (κ3) is 3.82. The fraction of sp³-hybridized carbons (Fsp3) is 0.400. The minimum absolute atomic E-state index is 0.0683. The zero-order valence-electron chi connectivity index (χ0n) is 12.5. The molecule has 2 rings (SSSR count). The summed E-state index contributed by atoms with van der Waals surface area (Å²) in [4.78, 5) is 16.3. The fourth-order valence-corrected chi connectivity index (χ4v) is 1.73. The molecule has 0 aliphatic heterocycles. The van der Waals surface area contributed by atoms with Crippen LogP contribution in [0, 0.1) is 5.41 Å². The number of nitrogens with zero attached hydrogens (tertiary/aromatic N) is 2. The number of hydrogen-bond donors (Lipinski definition) is 1. The lowest BCUT2D eigenvalue weighted by atomic mass is 9.95. The first-order valence-electron chi connectivity index (χ1n) is 6.68. The summed E-state index contributed by atoms with van der Waals surface area (Å²) in [5.41, 5.74) is 0.344. The average Bonchev–Trinajstić information content (AvgIpc) is 2.88. The molecule has 1 amide bonds. The first-order valence-corrected chi connectivity index (χ1v) is 7.05. The molecule has 112 valence electrons. The second-order valence-electron chi connectivity index (χ2n) is 5.91. The highest BCUT2D eigenvalue weighted by Gasteiger charge is 2.25. The number of benzene rings is 1. The SMILES string of the molecule is CC(NC(=O)C(C)(C)C)c1nc(-c2ccc(Cl)cc2)no1. The molecule has 0 radical (unpaired) electrons. The summed E-state index contributed by atoms with van der Waals surface area (Å²) in [5.74, 6) is 0.775. The Morgan fingerprint density at radius 3 is 2.48 bits per heavy atom. The van der Waals surface area contributed by atoms with Gasteiger partial charge in [-0.05, 0) is 31.2 Å². The van der Waals surface area contributed by atoms with Gasteiger partial charge in [-0.15, -0.1) is 0 Å². The van der Waals surface area contributed by atoms with Gasteiger partial charge >= 0.3 is 0 Å². The molecule has 2 aromatic rings. The van der Waals surface area contributed by atoms with Crippen LogP contribution in [-0.2, 0) is 4.79 Å². The Labute approximate surface area is 128 Å². The minimum atomic E-state index is -0.465. The van der Waals surface area contributed by atoms with Crippen LogP contribution in [0.25, 0.3) is 11.4 Å². The monoisotopic (exact) mass is 307 g/mol.